The van der Waals surface area contributed by atoms with Crippen LogP contribution in [0.5, 0.6) is 0 Å². The number of urea groups is 1. The van der Waals surface area contributed by atoms with Gasteiger partial charge in [-0.3, -0.25) is 0 Å². The van der Waals surface area contributed by atoms with Crippen LogP contribution in [-0.2, 0) is 4.79 Å². The van der Waals surface area contributed by atoms with Gasteiger partial charge in [0.25, 0.3) is 0 Å². The van der Waals surface area contributed by atoms with E-state index in [2.05, 4.69) is 15.5 Å². The van der Waals surface area contributed by atoms with E-state index >= 15 is 0 Å². The molecule has 7 heteroatoms. The zero-order chi connectivity index (χ0) is 14.1. The van der Waals surface area contributed by atoms with E-state index < -0.39 is 18.0 Å². The topological polar surface area (TPSA) is 102 Å². The Bertz CT molecular complexity index is 271. The smallest absolute Gasteiger partial charge is 0.326 e. The van der Waals surface area contributed by atoms with Crippen LogP contribution in [0, 0.1) is 0 Å². The van der Waals surface area contributed by atoms with Gasteiger partial charge in [0.1, 0.15) is 6.04 Å². The van der Waals surface area contributed by atoms with Crippen LogP contribution in [0.4, 0.5) is 4.79 Å². The number of likely N-dealkylation sites (N-methyl/N-ethyl adjacent to an activating group) is 1. The van der Waals surface area contributed by atoms with Crippen molar-refractivity contribution in [2.24, 2.45) is 0 Å². The summed E-state index contributed by atoms with van der Waals surface area (Å²) < 4.78 is 0. The number of aliphatic carboxylic acids is 1. The molecule has 0 saturated heterocycles. The predicted octanol–water partition coefficient (Wildman–Crippen LogP) is -0.539. The number of nitrogens with zero attached hydrogens (tertiary/aromatic N) is 1. The van der Waals surface area contributed by atoms with Crippen LogP contribution in [0.1, 0.15) is 20.3 Å². The van der Waals surface area contributed by atoms with Crippen molar-refractivity contribution in [2.45, 2.75) is 32.4 Å². The first-order valence-electron chi connectivity index (χ1n) is 5.96. The molecule has 0 aromatic carbocycles. The molecular weight excluding hydrogens is 238 g/mol. The molecule has 1 atom stereocenters. The van der Waals surface area contributed by atoms with Crippen LogP contribution < -0.4 is 10.6 Å². The molecule has 1 unspecified atom stereocenters. The highest BCUT2D eigenvalue weighted by Gasteiger charge is 2.18. The number of carbonyl (C=O) groups excluding carboxylic acids is 1. The molecule has 0 bridgehead atoms. The second-order valence-electron chi connectivity index (χ2n) is 4.38. The Morgan fingerprint density at radius 2 is 1.94 bits per heavy atom. The third-order valence-electron chi connectivity index (χ3n) is 2.65. The Labute approximate surface area is 107 Å². The zero-order valence-electron chi connectivity index (χ0n) is 11.1. The quantitative estimate of drug-likeness (QED) is 0.470. The van der Waals surface area contributed by atoms with Crippen LogP contribution in [0.2, 0.25) is 0 Å². The van der Waals surface area contributed by atoms with E-state index in [0.29, 0.717) is 19.1 Å². The van der Waals surface area contributed by atoms with E-state index in [1.165, 1.54) is 0 Å². The van der Waals surface area contributed by atoms with Gasteiger partial charge in [-0.1, -0.05) is 0 Å². The van der Waals surface area contributed by atoms with E-state index in [4.69, 9.17) is 10.2 Å². The lowest BCUT2D eigenvalue weighted by molar-refractivity contribution is -0.139. The van der Waals surface area contributed by atoms with Crippen molar-refractivity contribution < 1.29 is 19.8 Å². The molecule has 0 spiro atoms. The molecule has 0 saturated carbocycles. The number of hydrogen-bond donors (Lipinski definition) is 4. The molecule has 0 aliphatic heterocycles. The largest absolute Gasteiger partial charge is 0.480 e. The number of hydrogen-bond acceptors (Lipinski definition) is 4. The highest BCUT2D eigenvalue weighted by molar-refractivity contribution is 5.82. The number of carbonyl (C=O) groups is 2. The van der Waals surface area contributed by atoms with E-state index in [1.54, 1.807) is 0 Å². The molecule has 0 aromatic rings. The van der Waals surface area contributed by atoms with Gasteiger partial charge in [-0.2, -0.15) is 0 Å². The van der Waals surface area contributed by atoms with Gasteiger partial charge in [0.2, 0.25) is 0 Å². The van der Waals surface area contributed by atoms with Crippen molar-refractivity contribution in [3.63, 3.8) is 0 Å². The summed E-state index contributed by atoms with van der Waals surface area (Å²) in [7, 11) is 1.94. The first kappa shape index (κ1) is 16.7. The molecule has 106 valence electrons. The van der Waals surface area contributed by atoms with Crippen molar-refractivity contribution in [2.75, 3.05) is 26.7 Å². The van der Waals surface area contributed by atoms with Gasteiger partial charge in [-0.25, -0.2) is 9.59 Å². The summed E-state index contributed by atoms with van der Waals surface area (Å²) in [6.45, 7) is 4.92. The fourth-order valence-electron chi connectivity index (χ4n) is 1.20. The molecule has 0 fully saturated rings. The fraction of sp³-hybridized carbons (Fsp3) is 0.818. The maximum Gasteiger partial charge on any atom is 0.326 e. The van der Waals surface area contributed by atoms with Gasteiger partial charge >= 0.3 is 12.0 Å². The lowest BCUT2D eigenvalue weighted by atomic mass is 10.2. The standard InChI is InChI=1S/C11H23N3O4/c1-8(2)14(3)6-5-12-11(18)13-9(4-7-15)10(16)17/h8-9,15H,4-7H2,1-3H3,(H,16,17)(H2,12,13,18). The van der Waals surface area contributed by atoms with Crippen molar-refractivity contribution in [3.05, 3.63) is 0 Å². The molecule has 0 rings (SSSR count). The van der Waals surface area contributed by atoms with Crippen LogP contribution >= 0.6 is 0 Å². The van der Waals surface area contributed by atoms with Gasteiger partial charge < -0.3 is 25.7 Å². The van der Waals surface area contributed by atoms with Crippen LogP contribution in [0.15, 0.2) is 0 Å². The lowest BCUT2D eigenvalue weighted by Gasteiger charge is -2.21. The second kappa shape index (κ2) is 8.71. The SMILES string of the molecule is CC(C)N(C)CCNC(=O)NC(CCO)C(=O)O. The predicted molar refractivity (Wildman–Crippen MR) is 67.4 cm³/mol. The van der Waals surface area contributed by atoms with Crippen molar-refractivity contribution in [3.8, 4) is 0 Å². The third kappa shape index (κ3) is 7.08. The molecular formula is C11H23N3O4. The maximum absolute atomic E-state index is 11.4. The monoisotopic (exact) mass is 261 g/mol. The summed E-state index contributed by atoms with van der Waals surface area (Å²) in [5.41, 5.74) is 0. The number of nitrogens with one attached hydrogen (secondary N) is 2. The van der Waals surface area contributed by atoms with Crippen molar-refractivity contribution in [1.82, 2.24) is 15.5 Å². The summed E-state index contributed by atoms with van der Waals surface area (Å²) in [6, 6.07) is -1.21. The molecule has 0 aliphatic rings. The molecule has 0 aromatic heterocycles. The summed E-state index contributed by atoms with van der Waals surface area (Å²) >= 11 is 0. The minimum Gasteiger partial charge on any atom is -0.480 e. The number of amides is 2. The maximum atomic E-state index is 11.4. The highest BCUT2D eigenvalue weighted by atomic mass is 16.4. The number of aliphatic hydroxyl groups excluding tert-OH is 1. The highest BCUT2D eigenvalue weighted by Crippen LogP contribution is 1.92. The average molecular weight is 261 g/mol. The Kier molecular flexibility index (Phi) is 8.06. The zero-order valence-corrected chi connectivity index (χ0v) is 11.1. The number of carboxylic acid groups (broad SMARTS) is 1. The molecule has 18 heavy (non-hydrogen) atoms. The van der Waals surface area contributed by atoms with Crippen LogP contribution in [0.25, 0.3) is 0 Å². The van der Waals surface area contributed by atoms with Gasteiger partial charge in [-0.15, -0.1) is 0 Å². The number of rotatable bonds is 8. The first-order chi connectivity index (χ1) is 8.38. The van der Waals surface area contributed by atoms with Gasteiger partial charge in [0.15, 0.2) is 0 Å². The van der Waals surface area contributed by atoms with Crippen molar-refractivity contribution in [1.29, 1.82) is 0 Å². The Morgan fingerprint density at radius 1 is 1.33 bits per heavy atom. The average Bonchev–Trinajstić information content (AvgIpc) is 2.27. The van der Waals surface area contributed by atoms with Crippen molar-refractivity contribution >= 4 is 12.0 Å². The first-order valence-corrected chi connectivity index (χ1v) is 5.96. The van der Waals surface area contributed by atoms with Gasteiger partial charge in [0.05, 0.1) is 0 Å². The summed E-state index contributed by atoms with van der Waals surface area (Å²) in [4.78, 5) is 24.2. The number of carboxylic acids is 1. The minimum atomic E-state index is -1.15. The van der Waals surface area contributed by atoms with E-state index in [0.717, 1.165) is 0 Å². The molecule has 0 aliphatic carbocycles. The number of aliphatic hydroxyl groups is 1. The minimum absolute atomic E-state index is 0.00531. The molecule has 2 amide bonds. The Hall–Kier alpha value is -1.34. The summed E-state index contributed by atoms with van der Waals surface area (Å²) in [5.74, 6) is -1.15. The molecule has 0 heterocycles. The molecule has 0 radical (unpaired) electrons. The third-order valence-corrected chi connectivity index (χ3v) is 2.65. The summed E-state index contributed by atoms with van der Waals surface area (Å²) in [5, 5.41) is 22.3. The Morgan fingerprint density at radius 3 is 2.39 bits per heavy atom. The van der Waals surface area contributed by atoms with Gasteiger partial charge in [-0.05, 0) is 20.9 Å². The van der Waals surface area contributed by atoms with E-state index in [9.17, 15) is 9.59 Å². The van der Waals surface area contributed by atoms with Crippen LogP contribution in [-0.4, -0.2) is 65.9 Å². The van der Waals surface area contributed by atoms with Gasteiger partial charge in [0, 0.05) is 32.2 Å². The fourth-order valence-corrected chi connectivity index (χ4v) is 1.20. The van der Waals surface area contributed by atoms with E-state index in [1.807, 2.05) is 20.9 Å². The molecule has 7 nitrogen and oxygen atoms in total. The normalized spacial score (nSPS) is 12.6. The molecule has 4 N–H and O–H groups in total. The Balaban J connectivity index is 3.92. The summed E-state index contributed by atoms with van der Waals surface area (Å²) in [6.07, 6.45) is -0.00531. The second-order valence-corrected chi connectivity index (χ2v) is 4.38. The van der Waals surface area contributed by atoms with Crippen LogP contribution in [0.3, 0.4) is 0 Å². The van der Waals surface area contributed by atoms with E-state index in [-0.39, 0.29) is 13.0 Å². The lowest BCUT2D eigenvalue weighted by Crippen LogP contribution is -2.48.